The molecule has 0 spiro atoms. The Morgan fingerprint density at radius 1 is 1.09 bits per heavy atom. The number of ether oxygens (including phenoxy) is 1. The standard InChI is InChI=1S/C31H26F7N3O2/c1-29-15-17-16-39-41(21-8-6-19(32)7-9-21)26(17)13-18(29)5-10-23-24(29)11-12-25(30(33,34)35)27(23)28(42)40-20-3-2-4-22(14-20)43-31(36,37)38/h2-4,6-9,11,13-14,16,23,25,27H,5,10,12,15H2,1H3,(H,40,42)/t23-,25+,27+,29-/m0/s1. The summed E-state index contributed by atoms with van der Waals surface area (Å²) in [5, 5.41) is 6.92. The monoisotopic (exact) mass is 605 g/mol. The summed E-state index contributed by atoms with van der Waals surface area (Å²) in [6.45, 7) is 1.97. The summed E-state index contributed by atoms with van der Waals surface area (Å²) in [4.78, 5) is 13.6. The minimum atomic E-state index is -4.97. The van der Waals surface area contributed by atoms with Gasteiger partial charge in [-0.05, 0) is 79.6 Å². The summed E-state index contributed by atoms with van der Waals surface area (Å²) in [6, 6.07) is 10.4. The van der Waals surface area contributed by atoms with E-state index in [9.17, 15) is 35.5 Å². The summed E-state index contributed by atoms with van der Waals surface area (Å²) in [7, 11) is 0. The van der Waals surface area contributed by atoms with Crippen LogP contribution in [-0.4, -0.2) is 28.2 Å². The average molecular weight is 606 g/mol. The number of carbonyl (C=O) groups excluding carboxylic acids is 1. The predicted octanol–water partition coefficient (Wildman–Crippen LogP) is 8.03. The number of fused-ring (bicyclic) bond motifs is 4. The largest absolute Gasteiger partial charge is 0.573 e. The van der Waals surface area contributed by atoms with Gasteiger partial charge in [-0.15, -0.1) is 13.2 Å². The van der Waals surface area contributed by atoms with Crippen molar-refractivity contribution in [2.75, 3.05) is 5.32 Å². The maximum absolute atomic E-state index is 14.3. The zero-order valence-corrected chi connectivity index (χ0v) is 22.8. The highest BCUT2D eigenvalue weighted by atomic mass is 19.4. The summed E-state index contributed by atoms with van der Waals surface area (Å²) in [6.07, 6.45) is -3.54. The molecule has 0 bridgehead atoms. The molecule has 2 aromatic carbocycles. The molecule has 0 aliphatic heterocycles. The van der Waals surface area contributed by atoms with Gasteiger partial charge in [0, 0.05) is 17.2 Å². The van der Waals surface area contributed by atoms with Crippen molar-refractivity contribution in [1.29, 1.82) is 0 Å². The van der Waals surface area contributed by atoms with Gasteiger partial charge in [0.05, 0.1) is 29.4 Å². The minimum absolute atomic E-state index is 0.0955. The van der Waals surface area contributed by atoms with Gasteiger partial charge in [0.2, 0.25) is 5.91 Å². The number of rotatable bonds is 4. The Kier molecular flexibility index (Phi) is 6.93. The number of anilines is 1. The molecule has 43 heavy (non-hydrogen) atoms. The van der Waals surface area contributed by atoms with E-state index in [1.807, 2.05) is 13.0 Å². The van der Waals surface area contributed by atoms with E-state index in [1.54, 1.807) is 29.1 Å². The molecule has 3 aromatic rings. The van der Waals surface area contributed by atoms with Crippen molar-refractivity contribution in [2.24, 2.45) is 23.2 Å². The van der Waals surface area contributed by atoms with Crippen LogP contribution in [0, 0.1) is 29.0 Å². The first-order valence-corrected chi connectivity index (χ1v) is 13.7. The zero-order chi connectivity index (χ0) is 30.7. The van der Waals surface area contributed by atoms with Crippen LogP contribution in [0.15, 0.2) is 72.0 Å². The van der Waals surface area contributed by atoms with Gasteiger partial charge in [-0.2, -0.15) is 18.3 Å². The molecule has 3 aliphatic carbocycles. The topological polar surface area (TPSA) is 56.2 Å². The van der Waals surface area contributed by atoms with Crippen molar-refractivity contribution in [1.82, 2.24) is 9.78 Å². The van der Waals surface area contributed by atoms with Gasteiger partial charge in [-0.25, -0.2) is 9.07 Å². The van der Waals surface area contributed by atoms with Crippen LogP contribution < -0.4 is 10.1 Å². The van der Waals surface area contributed by atoms with Crippen molar-refractivity contribution in [3.05, 3.63) is 89.0 Å². The van der Waals surface area contributed by atoms with E-state index in [2.05, 4.69) is 15.2 Å². The number of benzene rings is 2. The first-order chi connectivity index (χ1) is 20.2. The number of allylic oxidation sites excluding steroid dienone is 3. The molecule has 3 aliphatic rings. The second kappa shape index (κ2) is 10.3. The summed E-state index contributed by atoms with van der Waals surface area (Å²) in [5.41, 5.74) is 3.37. The molecule has 1 saturated carbocycles. The quantitative estimate of drug-likeness (QED) is 0.242. The van der Waals surface area contributed by atoms with E-state index in [0.717, 1.165) is 34.5 Å². The average Bonchev–Trinajstić information content (AvgIpc) is 3.32. The van der Waals surface area contributed by atoms with Crippen LogP contribution in [0.5, 0.6) is 5.75 Å². The lowest BCUT2D eigenvalue weighted by Crippen LogP contribution is -2.49. The summed E-state index contributed by atoms with van der Waals surface area (Å²) >= 11 is 0. The third kappa shape index (κ3) is 5.43. The molecule has 1 aromatic heterocycles. The highest BCUT2D eigenvalue weighted by molar-refractivity contribution is 5.93. The number of alkyl halides is 6. The van der Waals surface area contributed by atoms with E-state index in [0.29, 0.717) is 18.5 Å². The zero-order valence-electron chi connectivity index (χ0n) is 22.8. The number of carbonyl (C=O) groups is 1. The fraction of sp³-hybridized carbons (Fsp3) is 0.355. The number of aromatic nitrogens is 2. The van der Waals surface area contributed by atoms with Crippen LogP contribution in [0.3, 0.4) is 0 Å². The van der Waals surface area contributed by atoms with Crippen LogP contribution in [0.2, 0.25) is 0 Å². The molecule has 0 saturated heterocycles. The maximum atomic E-state index is 14.3. The van der Waals surface area contributed by atoms with Crippen LogP contribution in [-0.2, 0) is 11.2 Å². The molecule has 1 amide bonds. The summed E-state index contributed by atoms with van der Waals surface area (Å²) in [5.74, 6) is -6.04. The maximum Gasteiger partial charge on any atom is 0.573 e. The fourth-order valence-electron chi connectivity index (χ4n) is 6.93. The Morgan fingerprint density at radius 3 is 2.53 bits per heavy atom. The molecule has 5 nitrogen and oxygen atoms in total. The molecule has 6 rings (SSSR count). The Morgan fingerprint density at radius 2 is 1.84 bits per heavy atom. The minimum Gasteiger partial charge on any atom is -0.406 e. The van der Waals surface area contributed by atoms with Crippen molar-refractivity contribution in [3.8, 4) is 11.4 Å². The van der Waals surface area contributed by atoms with Crippen molar-refractivity contribution >= 4 is 17.7 Å². The normalized spacial score (nSPS) is 25.1. The van der Waals surface area contributed by atoms with Gasteiger partial charge < -0.3 is 10.1 Å². The van der Waals surface area contributed by atoms with E-state index < -0.39 is 53.8 Å². The number of hydrogen-bond donors (Lipinski definition) is 1. The molecule has 1 heterocycles. The van der Waals surface area contributed by atoms with Crippen LogP contribution >= 0.6 is 0 Å². The number of amides is 1. The van der Waals surface area contributed by atoms with Gasteiger partial charge >= 0.3 is 12.5 Å². The molecule has 0 unspecified atom stereocenters. The Balaban J connectivity index is 1.31. The number of nitrogens with zero attached hydrogens (tertiary/aromatic N) is 2. The molecular formula is C31H26F7N3O2. The number of nitrogens with one attached hydrogen (secondary N) is 1. The number of hydrogen-bond acceptors (Lipinski definition) is 3. The highest BCUT2D eigenvalue weighted by Gasteiger charge is 2.56. The molecule has 0 radical (unpaired) electrons. The second-order valence-corrected chi connectivity index (χ2v) is 11.4. The lowest BCUT2D eigenvalue weighted by atomic mass is 9.54. The second-order valence-electron chi connectivity index (χ2n) is 11.4. The van der Waals surface area contributed by atoms with E-state index in [-0.39, 0.29) is 17.9 Å². The molecule has 1 N–H and O–H groups in total. The molecule has 12 heteroatoms. The Hall–Kier alpha value is -4.09. The first kappa shape index (κ1) is 29.0. The van der Waals surface area contributed by atoms with Gasteiger partial charge in [0.1, 0.15) is 11.6 Å². The molecule has 4 atom stereocenters. The van der Waals surface area contributed by atoms with Gasteiger partial charge in [-0.3, -0.25) is 4.79 Å². The Bertz CT molecular complexity index is 1620. The summed E-state index contributed by atoms with van der Waals surface area (Å²) < 4.78 is 100. The van der Waals surface area contributed by atoms with Crippen molar-refractivity contribution in [3.63, 3.8) is 0 Å². The van der Waals surface area contributed by atoms with Crippen molar-refractivity contribution < 1.29 is 40.3 Å². The molecule has 1 fully saturated rings. The van der Waals surface area contributed by atoms with Gasteiger partial charge in [-0.1, -0.05) is 30.2 Å². The smallest absolute Gasteiger partial charge is 0.406 e. The van der Waals surface area contributed by atoms with Crippen LogP contribution in [0.1, 0.15) is 37.4 Å². The van der Waals surface area contributed by atoms with E-state index in [1.165, 1.54) is 24.3 Å². The van der Waals surface area contributed by atoms with Gasteiger partial charge in [0.15, 0.2) is 0 Å². The van der Waals surface area contributed by atoms with Gasteiger partial charge in [0.25, 0.3) is 0 Å². The SMILES string of the molecule is C[C@]12Cc3cnn(-c4ccc(F)cc4)c3C=C1CC[C@H]1C2=CC[C@@H](C(F)(F)F)[C@@H]1C(=O)Nc1cccc(OC(F)(F)F)c1. The van der Waals surface area contributed by atoms with Crippen LogP contribution in [0.4, 0.5) is 36.4 Å². The molecule has 226 valence electrons. The third-order valence-corrected chi connectivity index (χ3v) is 8.80. The van der Waals surface area contributed by atoms with E-state index in [4.69, 9.17) is 0 Å². The van der Waals surface area contributed by atoms with E-state index >= 15 is 0 Å². The Labute approximate surface area is 242 Å². The van der Waals surface area contributed by atoms with Crippen LogP contribution in [0.25, 0.3) is 11.8 Å². The lowest BCUT2D eigenvalue weighted by Gasteiger charge is -2.50. The fourth-order valence-corrected chi connectivity index (χ4v) is 6.93. The predicted molar refractivity (Wildman–Crippen MR) is 144 cm³/mol. The third-order valence-electron chi connectivity index (χ3n) is 8.80. The lowest BCUT2D eigenvalue weighted by molar-refractivity contribution is -0.274. The molecular weight excluding hydrogens is 579 g/mol. The first-order valence-electron chi connectivity index (χ1n) is 13.7. The van der Waals surface area contributed by atoms with Crippen molar-refractivity contribution in [2.45, 2.75) is 45.1 Å². The highest BCUT2D eigenvalue weighted by Crippen LogP contribution is 2.59. The number of halogens is 7.